The second-order valence-electron chi connectivity index (χ2n) is 11.5. The molecule has 2 aromatic heterocycles. The van der Waals surface area contributed by atoms with Gasteiger partial charge in [0.1, 0.15) is 0 Å². The molecule has 228 valence electrons. The predicted molar refractivity (Wildman–Crippen MR) is 175 cm³/mol. The topological polar surface area (TPSA) is 0 Å². The van der Waals surface area contributed by atoms with Crippen molar-refractivity contribution in [2.75, 3.05) is 0 Å². The molecule has 0 unspecified atom stereocenters. The summed E-state index contributed by atoms with van der Waals surface area (Å²) in [7, 11) is 0. The summed E-state index contributed by atoms with van der Waals surface area (Å²) >= 11 is 2.28. The summed E-state index contributed by atoms with van der Waals surface area (Å²) in [5.41, 5.74) is 1.10. The predicted octanol–water partition coefficient (Wildman–Crippen LogP) is 12.5. The number of aryl methyl sites for hydroxylation is 4. The highest BCUT2D eigenvalue weighted by molar-refractivity contribution is 7.19. The van der Waals surface area contributed by atoms with Crippen LogP contribution in [0.4, 0.5) is 26.3 Å². The van der Waals surface area contributed by atoms with E-state index in [0.717, 1.165) is 33.8 Å². The van der Waals surface area contributed by atoms with E-state index >= 15 is 26.3 Å². The van der Waals surface area contributed by atoms with Crippen molar-refractivity contribution in [2.24, 2.45) is 0 Å². The van der Waals surface area contributed by atoms with Gasteiger partial charge in [0.15, 0.2) is 0 Å². The third-order valence-corrected chi connectivity index (χ3v) is 11.1. The number of halogens is 6. The van der Waals surface area contributed by atoms with Crippen LogP contribution in [-0.4, -0.2) is 17.8 Å². The van der Waals surface area contributed by atoms with Gasteiger partial charge in [0.2, 0.25) is 0 Å². The van der Waals surface area contributed by atoms with Crippen LogP contribution in [0.5, 0.6) is 0 Å². The quantitative estimate of drug-likeness (QED) is 0.167. The zero-order valence-electron chi connectivity index (χ0n) is 24.7. The monoisotopic (exact) mass is 648 g/mol. The molecule has 0 bridgehead atoms. The molecule has 0 saturated heterocycles. The summed E-state index contributed by atoms with van der Waals surface area (Å²) < 4.78 is 97.3. The third kappa shape index (κ3) is 4.04. The zero-order chi connectivity index (χ0) is 32.1. The third-order valence-electron chi connectivity index (χ3n) is 8.92. The fourth-order valence-electron chi connectivity index (χ4n) is 6.80. The van der Waals surface area contributed by atoms with Gasteiger partial charge in [-0.15, -0.1) is 22.7 Å². The zero-order valence-corrected chi connectivity index (χ0v) is 26.3. The van der Waals surface area contributed by atoms with Crippen LogP contribution in [0, 0.1) is 27.7 Å². The van der Waals surface area contributed by atoms with E-state index in [1.807, 2.05) is 72.8 Å². The van der Waals surface area contributed by atoms with Crippen LogP contribution in [-0.2, 0) is 0 Å². The first-order valence-corrected chi connectivity index (χ1v) is 16.0. The summed E-state index contributed by atoms with van der Waals surface area (Å²) in [5, 5.41) is 0.580. The molecule has 4 aromatic carbocycles. The van der Waals surface area contributed by atoms with Crippen LogP contribution in [0.3, 0.4) is 0 Å². The van der Waals surface area contributed by atoms with Gasteiger partial charge in [-0.25, -0.2) is 0 Å². The molecule has 45 heavy (non-hydrogen) atoms. The summed E-state index contributed by atoms with van der Waals surface area (Å²) in [4.78, 5) is 0.552. The van der Waals surface area contributed by atoms with Gasteiger partial charge in [-0.1, -0.05) is 72.8 Å². The molecule has 0 atom stereocenters. The van der Waals surface area contributed by atoms with Crippen molar-refractivity contribution in [3.63, 3.8) is 0 Å². The molecular weight excluding hydrogens is 623 g/mol. The number of thiophene rings is 2. The van der Waals surface area contributed by atoms with Gasteiger partial charge in [0, 0.05) is 52.2 Å². The molecule has 0 amide bonds. The average Bonchev–Trinajstić information content (AvgIpc) is 3.55. The lowest BCUT2D eigenvalue weighted by atomic mass is 9.87. The molecule has 0 fully saturated rings. The van der Waals surface area contributed by atoms with Crippen molar-refractivity contribution in [1.29, 1.82) is 0 Å². The van der Waals surface area contributed by atoms with E-state index in [0.29, 0.717) is 42.4 Å². The Morgan fingerprint density at radius 3 is 1.18 bits per heavy atom. The van der Waals surface area contributed by atoms with Crippen molar-refractivity contribution in [3.8, 4) is 22.3 Å². The maximum absolute atomic E-state index is 16.2. The second-order valence-corrected chi connectivity index (χ2v) is 14.0. The maximum atomic E-state index is 16.2. The molecule has 0 aliphatic heterocycles. The van der Waals surface area contributed by atoms with E-state index in [4.69, 9.17) is 0 Å². The highest BCUT2D eigenvalue weighted by Gasteiger charge is 2.80. The molecule has 0 radical (unpaired) electrons. The van der Waals surface area contributed by atoms with Gasteiger partial charge in [-0.2, -0.15) is 26.3 Å². The molecule has 0 spiro atoms. The van der Waals surface area contributed by atoms with E-state index in [-0.39, 0.29) is 20.9 Å². The number of hydrogen-bond acceptors (Lipinski definition) is 2. The average molecular weight is 649 g/mol. The van der Waals surface area contributed by atoms with Crippen LogP contribution < -0.4 is 0 Å². The molecule has 0 N–H and O–H groups in total. The van der Waals surface area contributed by atoms with Crippen LogP contribution in [0.1, 0.15) is 32.0 Å². The van der Waals surface area contributed by atoms with Crippen LogP contribution in [0.2, 0.25) is 0 Å². The lowest BCUT2D eigenvalue weighted by Gasteiger charge is -2.26. The molecule has 1 aliphatic rings. The van der Waals surface area contributed by atoms with E-state index in [1.165, 1.54) is 13.8 Å². The Morgan fingerprint density at radius 2 is 0.822 bits per heavy atom. The molecule has 2 heterocycles. The highest BCUT2D eigenvalue weighted by atomic mass is 32.1. The summed E-state index contributed by atoms with van der Waals surface area (Å²) in [6.45, 7) is 6.53. The first-order valence-electron chi connectivity index (χ1n) is 14.3. The van der Waals surface area contributed by atoms with Crippen molar-refractivity contribution in [3.05, 3.63) is 117 Å². The minimum atomic E-state index is -5.65. The standard InChI is InChI=1S/C37H26F6S2/c1-19-25(23-11-7-5-8-12-23)15-17-27-29(19)31(21(3)44-27)33-34(36(40,41)37(42,43)35(33,38)39)32-22(4)45-28-18-16-26(20(2)30(28)32)24-13-9-6-10-14-24/h5-18H,1-4H3. The Balaban J connectivity index is 1.63. The lowest BCUT2D eigenvalue weighted by molar-refractivity contribution is -0.254. The number of rotatable bonds is 4. The summed E-state index contributed by atoms with van der Waals surface area (Å²) in [6.07, 6.45) is 0. The Morgan fingerprint density at radius 1 is 0.467 bits per heavy atom. The van der Waals surface area contributed by atoms with Gasteiger partial charge >= 0.3 is 17.8 Å². The summed E-state index contributed by atoms with van der Waals surface area (Å²) in [6, 6.07) is 25.7. The van der Waals surface area contributed by atoms with Crippen molar-refractivity contribution in [2.45, 2.75) is 45.5 Å². The SMILES string of the molecule is Cc1sc2ccc(-c3ccccc3)c(C)c2c1C1=C(c2c(C)sc3ccc(-c4ccccc4)c(C)c23)C(F)(F)C(F)(F)C1(F)F. The molecule has 7 rings (SSSR count). The fraction of sp³-hybridized carbons (Fsp3) is 0.189. The van der Waals surface area contributed by atoms with Gasteiger partial charge in [0.05, 0.1) is 0 Å². The normalized spacial score (nSPS) is 17.1. The van der Waals surface area contributed by atoms with E-state index < -0.39 is 28.9 Å². The number of alkyl halides is 6. The second kappa shape index (κ2) is 10.1. The molecular formula is C37H26F6S2. The molecule has 6 aromatic rings. The number of allylic oxidation sites excluding steroid dienone is 2. The lowest BCUT2D eigenvalue weighted by Crippen LogP contribution is -2.49. The van der Waals surface area contributed by atoms with Crippen LogP contribution in [0.25, 0.3) is 53.6 Å². The van der Waals surface area contributed by atoms with Crippen molar-refractivity contribution >= 4 is 54.0 Å². The Bertz CT molecular complexity index is 2020. The Hall–Kier alpha value is -3.88. The van der Waals surface area contributed by atoms with Crippen LogP contribution in [0.15, 0.2) is 84.9 Å². The highest BCUT2D eigenvalue weighted by Crippen LogP contribution is 2.67. The minimum absolute atomic E-state index is 0.238. The molecule has 0 saturated carbocycles. The molecule has 0 nitrogen and oxygen atoms in total. The van der Waals surface area contributed by atoms with Gasteiger partial charge < -0.3 is 0 Å². The van der Waals surface area contributed by atoms with E-state index in [9.17, 15) is 0 Å². The van der Waals surface area contributed by atoms with Crippen molar-refractivity contribution < 1.29 is 26.3 Å². The largest absolute Gasteiger partial charge is 0.380 e. The maximum Gasteiger partial charge on any atom is 0.380 e. The Labute approximate surface area is 264 Å². The number of benzene rings is 4. The van der Waals surface area contributed by atoms with Gasteiger partial charge in [-0.05, 0) is 73.2 Å². The van der Waals surface area contributed by atoms with E-state index in [2.05, 4.69) is 0 Å². The number of hydrogen-bond donors (Lipinski definition) is 0. The van der Waals surface area contributed by atoms with E-state index in [1.54, 1.807) is 26.0 Å². The van der Waals surface area contributed by atoms with Crippen molar-refractivity contribution in [1.82, 2.24) is 0 Å². The fourth-order valence-corrected chi connectivity index (χ4v) is 9.06. The Kier molecular flexibility index (Phi) is 6.66. The minimum Gasteiger partial charge on any atom is -0.194 e. The number of fused-ring (bicyclic) bond motifs is 2. The smallest absolute Gasteiger partial charge is 0.194 e. The first kappa shape index (κ1) is 29.8. The molecule has 1 aliphatic carbocycles. The van der Waals surface area contributed by atoms with Crippen LogP contribution >= 0.6 is 22.7 Å². The summed E-state index contributed by atoms with van der Waals surface area (Å²) in [5.74, 6) is -15.9. The van der Waals surface area contributed by atoms with Gasteiger partial charge in [0.25, 0.3) is 0 Å². The van der Waals surface area contributed by atoms with Gasteiger partial charge in [-0.3, -0.25) is 0 Å². The first-order chi connectivity index (χ1) is 21.3. The molecule has 8 heteroatoms.